The van der Waals surface area contributed by atoms with Crippen LogP contribution in [0.15, 0.2) is 18.2 Å². The Morgan fingerprint density at radius 3 is 2.70 bits per heavy atom. The summed E-state index contributed by atoms with van der Waals surface area (Å²) in [5.41, 5.74) is 4.38. The third-order valence-corrected chi connectivity index (χ3v) is 5.68. The molecule has 0 saturated heterocycles. The molecule has 0 heterocycles. The Hall–Kier alpha value is -0.820. The van der Waals surface area contributed by atoms with Crippen LogP contribution in [0.4, 0.5) is 0 Å². The SMILES string of the molecule is CCNC(CC1CC2CCC1C2)c1cc(C)ccc1C. The van der Waals surface area contributed by atoms with Crippen molar-refractivity contribution in [3.05, 3.63) is 34.9 Å². The first-order chi connectivity index (χ1) is 9.67. The zero-order chi connectivity index (χ0) is 14.1. The van der Waals surface area contributed by atoms with E-state index in [9.17, 15) is 0 Å². The van der Waals surface area contributed by atoms with E-state index in [1.165, 1.54) is 48.8 Å². The van der Waals surface area contributed by atoms with Crippen LogP contribution >= 0.6 is 0 Å². The molecule has 1 aromatic carbocycles. The lowest BCUT2D eigenvalue weighted by Gasteiger charge is -2.28. The quantitative estimate of drug-likeness (QED) is 0.812. The Labute approximate surface area is 124 Å². The Morgan fingerprint density at radius 1 is 1.20 bits per heavy atom. The number of benzene rings is 1. The summed E-state index contributed by atoms with van der Waals surface area (Å²) in [4.78, 5) is 0. The molecule has 0 radical (unpaired) electrons. The summed E-state index contributed by atoms with van der Waals surface area (Å²) in [5, 5.41) is 3.75. The molecule has 2 aliphatic rings. The number of hydrogen-bond acceptors (Lipinski definition) is 1. The molecule has 2 saturated carbocycles. The fourth-order valence-electron chi connectivity index (χ4n) is 4.67. The van der Waals surface area contributed by atoms with Crippen LogP contribution in [0.5, 0.6) is 0 Å². The minimum atomic E-state index is 0.559. The van der Waals surface area contributed by atoms with Crippen LogP contribution in [0.3, 0.4) is 0 Å². The van der Waals surface area contributed by atoms with Gasteiger partial charge in [0.15, 0.2) is 0 Å². The first-order valence-corrected chi connectivity index (χ1v) is 8.48. The largest absolute Gasteiger partial charge is 0.310 e. The fraction of sp³-hybridized carbons (Fsp3) is 0.684. The summed E-state index contributed by atoms with van der Waals surface area (Å²) in [6.07, 6.45) is 7.38. The van der Waals surface area contributed by atoms with Crippen LogP contribution in [-0.4, -0.2) is 6.54 Å². The molecular weight excluding hydrogens is 242 g/mol. The second-order valence-corrected chi connectivity index (χ2v) is 7.14. The third kappa shape index (κ3) is 2.79. The topological polar surface area (TPSA) is 12.0 Å². The number of fused-ring (bicyclic) bond motifs is 2. The zero-order valence-corrected chi connectivity index (χ0v) is 13.3. The van der Waals surface area contributed by atoms with Gasteiger partial charge in [0.25, 0.3) is 0 Å². The van der Waals surface area contributed by atoms with Gasteiger partial charge in [0, 0.05) is 6.04 Å². The molecule has 0 aliphatic heterocycles. The molecule has 20 heavy (non-hydrogen) atoms. The van der Waals surface area contributed by atoms with E-state index in [0.29, 0.717) is 6.04 Å². The number of rotatable bonds is 5. The third-order valence-electron chi connectivity index (χ3n) is 5.68. The molecule has 1 aromatic rings. The molecule has 0 spiro atoms. The van der Waals surface area contributed by atoms with Crippen molar-refractivity contribution in [2.75, 3.05) is 6.54 Å². The standard InChI is InChI=1S/C19H29N/c1-4-20-19(18-9-13(2)5-6-14(18)3)12-17-11-15-7-8-16(17)10-15/h5-6,9,15-17,19-20H,4,7-8,10-12H2,1-3H3. The molecule has 110 valence electrons. The monoisotopic (exact) mass is 271 g/mol. The summed E-state index contributed by atoms with van der Waals surface area (Å²) in [5.74, 6) is 3.06. The maximum Gasteiger partial charge on any atom is 0.0325 e. The fourth-order valence-corrected chi connectivity index (χ4v) is 4.67. The summed E-state index contributed by atoms with van der Waals surface area (Å²) in [7, 11) is 0. The normalized spacial score (nSPS) is 29.9. The van der Waals surface area contributed by atoms with Crippen LogP contribution in [0, 0.1) is 31.6 Å². The predicted octanol–water partition coefficient (Wildman–Crippen LogP) is 4.78. The summed E-state index contributed by atoms with van der Waals surface area (Å²) < 4.78 is 0. The van der Waals surface area contributed by atoms with Crippen molar-refractivity contribution >= 4 is 0 Å². The Balaban J connectivity index is 1.76. The van der Waals surface area contributed by atoms with E-state index in [1.807, 2.05) is 0 Å². The Morgan fingerprint density at radius 2 is 2.05 bits per heavy atom. The van der Waals surface area contributed by atoms with E-state index in [2.05, 4.69) is 44.3 Å². The molecule has 3 rings (SSSR count). The van der Waals surface area contributed by atoms with Gasteiger partial charge in [-0.1, -0.05) is 37.1 Å². The maximum absolute atomic E-state index is 3.75. The van der Waals surface area contributed by atoms with Crippen molar-refractivity contribution in [3.63, 3.8) is 0 Å². The van der Waals surface area contributed by atoms with Crippen molar-refractivity contribution in [3.8, 4) is 0 Å². The minimum absolute atomic E-state index is 0.559. The molecule has 2 bridgehead atoms. The molecule has 1 nitrogen and oxygen atoms in total. The number of aryl methyl sites for hydroxylation is 2. The van der Waals surface area contributed by atoms with Gasteiger partial charge >= 0.3 is 0 Å². The van der Waals surface area contributed by atoms with Gasteiger partial charge in [-0.3, -0.25) is 0 Å². The van der Waals surface area contributed by atoms with Crippen molar-refractivity contribution in [1.82, 2.24) is 5.32 Å². The average molecular weight is 271 g/mol. The van der Waals surface area contributed by atoms with E-state index in [4.69, 9.17) is 0 Å². The molecule has 4 unspecified atom stereocenters. The molecular formula is C19H29N. The van der Waals surface area contributed by atoms with Crippen molar-refractivity contribution in [1.29, 1.82) is 0 Å². The molecule has 0 aromatic heterocycles. The average Bonchev–Trinajstić information content (AvgIpc) is 3.03. The lowest BCUT2D eigenvalue weighted by Crippen LogP contribution is -2.26. The minimum Gasteiger partial charge on any atom is -0.310 e. The van der Waals surface area contributed by atoms with Gasteiger partial charge in [0.2, 0.25) is 0 Å². The van der Waals surface area contributed by atoms with Gasteiger partial charge in [-0.15, -0.1) is 0 Å². The smallest absolute Gasteiger partial charge is 0.0325 e. The van der Waals surface area contributed by atoms with E-state index >= 15 is 0 Å². The highest BCUT2D eigenvalue weighted by Gasteiger charge is 2.40. The van der Waals surface area contributed by atoms with E-state index in [-0.39, 0.29) is 0 Å². The highest BCUT2D eigenvalue weighted by atomic mass is 14.9. The first-order valence-electron chi connectivity index (χ1n) is 8.48. The Kier molecular flexibility index (Phi) is 4.16. The summed E-state index contributed by atoms with van der Waals surface area (Å²) in [6, 6.07) is 7.48. The highest BCUT2D eigenvalue weighted by Crippen LogP contribution is 2.51. The highest BCUT2D eigenvalue weighted by molar-refractivity contribution is 5.33. The lowest BCUT2D eigenvalue weighted by atomic mass is 9.82. The molecule has 2 aliphatic carbocycles. The predicted molar refractivity (Wildman–Crippen MR) is 85.9 cm³/mol. The van der Waals surface area contributed by atoms with E-state index in [0.717, 1.165) is 24.3 Å². The van der Waals surface area contributed by atoms with Gasteiger partial charge in [0.1, 0.15) is 0 Å². The summed E-state index contributed by atoms with van der Waals surface area (Å²) >= 11 is 0. The van der Waals surface area contributed by atoms with Gasteiger partial charge in [-0.2, -0.15) is 0 Å². The second kappa shape index (κ2) is 5.89. The van der Waals surface area contributed by atoms with Crippen molar-refractivity contribution in [2.45, 2.75) is 58.9 Å². The van der Waals surface area contributed by atoms with Crippen LogP contribution in [0.1, 0.15) is 61.8 Å². The van der Waals surface area contributed by atoms with Gasteiger partial charge in [-0.25, -0.2) is 0 Å². The van der Waals surface area contributed by atoms with E-state index < -0.39 is 0 Å². The van der Waals surface area contributed by atoms with Gasteiger partial charge in [-0.05, 0) is 75.0 Å². The van der Waals surface area contributed by atoms with Gasteiger partial charge < -0.3 is 5.32 Å². The maximum atomic E-state index is 3.75. The molecule has 2 fully saturated rings. The molecule has 4 atom stereocenters. The molecule has 1 N–H and O–H groups in total. The van der Waals surface area contributed by atoms with Gasteiger partial charge in [0.05, 0.1) is 0 Å². The lowest BCUT2D eigenvalue weighted by molar-refractivity contribution is 0.280. The van der Waals surface area contributed by atoms with Crippen LogP contribution < -0.4 is 5.32 Å². The molecule has 0 amide bonds. The molecule has 1 heteroatoms. The Bertz CT molecular complexity index is 465. The van der Waals surface area contributed by atoms with Crippen LogP contribution in [0.2, 0.25) is 0 Å². The van der Waals surface area contributed by atoms with E-state index in [1.54, 1.807) is 0 Å². The summed E-state index contributed by atoms with van der Waals surface area (Å²) in [6.45, 7) is 7.78. The van der Waals surface area contributed by atoms with Crippen LogP contribution in [0.25, 0.3) is 0 Å². The first kappa shape index (κ1) is 14.1. The van der Waals surface area contributed by atoms with Crippen LogP contribution in [-0.2, 0) is 0 Å². The van der Waals surface area contributed by atoms with Crippen molar-refractivity contribution in [2.24, 2.45) is 17.8 Å². The van der Waals surface area contributed by atoms with Crippen molar-refractivity contribution < 1.29 is 0 Å². The second-order valence-electron chi connectivity index (χ2n) is 7.14. The number of nitrogens with one attached hydrogen (secondary N) is 1. The zero-order valence-electron chi connectivity index (χ0n) is 13.3. The number of hydrogen-bond donors (Lipinski definition) is 1.